The molecule has 0 bridgehead atoms. The highest BCUT2D eigenvalue weighted by atomic mass is 16.6. The van der Waals surface area contributed by atoms with Gasteiger partial charge in [-0.1, -0.05) is 130 Å². The lowest BCUT2D eigenvalue weighted by atomic mass is 9.99. The van der Waals surface area contributed by atoms with Gasteiger partial charge in [0, 0.05) is 12.8 Å². The highest BCUT2D eigenvalue weighted by molar-refractivity contribution is 5.70. The van der Waals surface area contributed by atoms with Crippen LogP contribution in [-0.2, 0) is 19.1 Å². The molecule has 0 aromatic carbocycles. The lowest BCUT2D eigenvalue weighted by Crippen LogP contribution is -2.28. The molecule has 2 atom stereocenters. The maximum Gasteiger partial charge on any atom is 0.306 e. The van der Waals surface area contributed by atoms with E-state index in [-0.39, 0.29) is 25.2 Å². The SMILES string of the molecule is CCCCCCCCCCCC(=O)OC[C@H](CO)OC(=O)CCCCCCCCCCC(C)CC. The Kier molecular flexibility index (Phi) is 25.2. The lowest BCUT2D eigenvalue weighted by molar-refractivity contribution is -0.161. The van der Waals surface area contributed by atoms with Crippen LogP contribution in [0.1, 0.15) is 156 Å². The molecule has 0 heterocycles. The predicted molar refractivity (Wildman–Crippen MR) is 145 cm³/mol. The Labute approximate surface area is 217 Å². The number of unbranched alkanes of at least 4 members (excludes halogenated alkanes) is 15. The third-order valence-electron chi connectivity index (χ3n) is 6.94. The van der Waals surface area contributed by atoms with E-state index in [0.717, 1.165) is 44.4 Å². The third kappa shape index (κ3) is 24.4. The zero-order valence-electron chi connectivity index (χ0n) is 23.5. The van der Waals surface area contributed by atoms with Gasteiger partial charge in [0.2, 0.25) is 0 Å². The molecule has 208 valence electrons. The number of ether oxygens (including phenoxy) is 2. The fraction of sp³-hybridized carbons (Fsp3) is 0.933. The summed E-state index contributed by atoms with van der Waals surface area (Å²) in [5.41, 5.74) is 0. The van der Waals surface area contributed by atoms with Gasteiger partial charge in [0.25, 0.3) is 0 Å². The number of aliphatic hydroxyl groups excluding tert-OH is 1. The summed E-state index contributed by atoms with van der Waals surface area (Å²) in [5.74, 6) is 0.267. The number of hydrogen-bond acceptors (Lipinski definition) is 5. The number of hydrogen-bond donors (Lipinski definition) is 1. The second kappa shape index (κ2) is 26.0. The van der Waals surface area contributed by atoms with Gasteiger partial charge < -0.3 is 14.6 Å². The number of aliphatic hydroxyl groups is 1. The van der Waals surface area contributed by atoms with Crippen molar-refractivity contribution in [2.75, 3.05) is 13.2 Å². The molecule has 35 heavy (non-hydrogen) atoms. The Morgan fingerprint density at radius 3 is 1.60 bits per heavy atom. The summed E-state index contributed by atoms with van der Waals surface area (Å²) in [4.78, 5) is 23.9. The largest absolute Gasteiger partial charge is 0.462 e. The van der Waals surface area contributed by atoms with E-state index in [1.54, 1.807) is 0 Å². The van der Waals surface area contributed by atoms with E-state index >= 15 is 0 Å². The molecule has 0 aliphatic heterocycles. The van der Waals surface area contributed by atoms with Crippen molar-refractivity contribution in [3.63, 3.8) is 0 Å². The maximum atomic E-state index is 12.0. The number of esters is 2. The van der Waals surface area contributed by atoms with Crippen molar-refractivity contribution in [3.05, 3.63) is 0 Å². The normalized spacial score (nSPS) is 12.9. The Morgan fingerprint density at radius 2 is 1.11 bits per heavy atom. The lowest BCUT2D eigenvalue weighted by Gasteiger charge is -2.15. The van der Waals surface area contributed by atoms with Crippen LogP contribution in [0.4, 0.5) is 0 Å². The van der Waals surface area contributed by atoms with E-state index < -0.39 is 6.10 Å². The van der Waals surface area contributed by atoms with Crippen molar-refractivity contribution in [2.45, 2.75) is 162 Å². The van der Waals surface area contributed by atoms with Gasteiger partial charge in [-0.15, -0.1) is 0 Å². The Balaban J connectivity index is 3.60. The smallest absolute Gasteiger partial charge is 0.306 e. The van der Waals surface area contributed by atoms with Crippen LogP contribution in [0.3, 0.4) is 0 Å². The molecule has 5 heteroatoms. The molecule has 5 nitrogen and oxygen atoms in total. The van der Waals surface area contributed by atoms with Gasteiger partial charge in [0.05, 0.1) is 6.61 Å². The van der Waals surface area contributed by atoms with Crippen LogP contribution in [0.5, 0.6) is 0 Å². The molecule has 0 saturated carbocycles. The van der Waals surface area contributed by atoms with Crippen molar-refractivity contribution >= 4 is 11.9 Å². The van der Waals surface area contributed by atoms with Crippen LogP contribution < -0.4 is 0 Å². The average Bonchev–Trinajstić information content (AvgIpc) is 2.86. The van der Waals surface area contributed by atoms with Gasteiger partial charge in [-0.3, -0.25) is 9.59 Å². The number of carbonyl (C=O) groups is 2. The van der Waals surface area contributed by atoms with Crippen molar-refractivity contribution < 1.29 is 24.2 Å². The summed E-state index contributed by atoms with van der Waals surface area (Å²) in [6, 6.07) is 0. The summed E-state index contributed by atoms with van der Waals surface area (Å²) in [7, 11) is 0. The topological polar surface area (TPSA) is 72.8 Å². The molecule has 0 aromatic heterocycles. The van der Waals surface area contributed by atoms with Crippen LogP contribution in [0.15, 0.2) is 0 Å². The Hall–Kier alpha value is -1.10. The van der Waals surface area contributed by atoms with E-state index in [9.17, 15) is 14.7 Å². The molecular weight excluding hydrogens is 440 g/mol. The fourth-order valence-electron chi connectivity index (χ4n) is 4.23. The quantitative estimate of drug-likeness (QED) is 0.0959. The van der Waals surface area contributed by atoms with E-state index in [1.165, 1.54) is 83.5 Å². The molecule has 0 radical (unpaired) electrons. The summed E-state index contributed by atoms with van der Waals surface area (Å²) >= 11 is 0. The van der Waals surface area contributed by atoms with Crippen LogP contribution in [-0.4, -0.2) is 36.4 Å². The Morgan fingerprint density at radius 1 is 0.657 bits per heavy atom. The van der Waals surface area contributed by atoms with Crippen molar-refractivity contribution in [2.24, 2.45) is 5.92 Å². The van der Waals surface area contributed by atoms with Gasteiger partial charge in [-0.25, -0.2) is 0 Å². The van der Waals surface area contributed by atoms with Gasteiger partial charge in [-0.2, -0.15) is 0 Å². The molecule has 0 rings (SSSR count). The van der Waals surface area contributed by atoms with E-state index in [1.807, 2.05) is 0 Å². The van der Waals surface area contributed by atoms with Crippen molar-refractivity contribution in [1.29, 1.82) is 0 Å². The molecule has 1 N–H and O–H groups in total. The Bertz CT molecular complexity index is 479. The van der Waals surface area contributed by atoms with E-state index in [0.29, 0.717) is 12.8 Å². The molecule has 0 amide bonds. The molecule has 0 saturated heterocycles. The number of rotatable bonds is 26. The zero-order chi connectivity index (χ0) is 26.0. The highest BCUT2D eigenvalue weighted by Gasteiger charge is 2.16. The van der Waals surface area contributed by atoms with Gasteiger partial charge in [0.15, 0.2) is 6.10 Å². The monoisotopic (exact) mass is 498 g/mol. The average molecular weight is 499 g/mol. The van der Waals surface area contributed by atoms with E-state index in [4.69, 9.17) is 9.47 Å². The first-order valence-electron chi connectivity index (χ1n) is 15.0. The molecule has 0 spiro atoms. The van der Waals surface area contributed by atoms with Gasteiger partial charge >= 0.3 is 11.9 Å². The van der Waals surface area contributed by atoms with Crippen LogP contribution in [0, 0.1) is 5.92 Å². The second-order valence-corrected chi connectivity index (χ2v) is 10.4. The van der Waals surface area contributed by atoms with Crippen LogP contribution in [0.25, 0.3) is 0 Å². The molecule has 0 fully saturated rings. The first-order chi connectivity index (χ1) is 17.0. The third-order valence-corrected chi connectivity index (χ3v) is 6.94. The summed E-state index contributed by atoms with van der Waals surface area (Å²) < 4.78 is 10.5. The van der Waals surface area contributed by atoms with Crippen molar-refractivity contribution in [1.82, 2.24) is 0 Å². The van der Waals surface area contributed by atoms with Crippen LogP contribution in [0.2, 0.25) is 0 Å². The summed E-state index contributed by atoms with van der Waals surface area (Å²) in [6.45, 7) is 6.44. The van der Waals surface area contributed by atoms with Gasteiger partial charge in [0.1, 0.15) is 6.61 Å². The minimum Gasteiger partial charge on any atom is -0.462 e. The molecule has 0 aliphatic carbocycles. The highest BCUT2D eigenvalue weighted by Crippen LogP contribution is 2.15. The first kappa shape index (κ1) is 33.9. The molecule has 0 aromatic rings. The van der Waals surface area contributed by atoms with E-state index in [2.05, 4.69) is 20.8 Å². The minimum absolute atomic E-state index is 0.0600. The fourth-order valence-corrected chi connectivity index (χ4v) is 4.23. The van der Waals surface area contributed by atoms with Gasteiger partial charge in [-0.05, 0) is 18.8 Å². The second-order valence-electron chi connectivity index (χ2n) is 10.4. The standard InChI is InChI=1S/C30H58O5/c1-4-6-7-8-9-10-14-17-20-23-29(32)34-26-28(25-31)35-30(33)24-21-18-15-12-11-13-16-19-22-27(3)5-2/h27-28,31H,4-26H2,1-3H3/t27?,28-/m0/s1. The molecule has 0 aliphatic rings. The molecule has 1 unspecified atom stereocenters. The maximum absolute atomic E-state index is 12.0. The summed E-state index contributed by atoms with van der Waals surface area (Å²) in [5, 5.41) is 9.44. The minimum atomic E-state index is -0.759. The predicted octanol–water partition coefficient (Wildman–Crippen LogP) is 8.30. The zero-order valence-corrected chi connectivity index (χ0v) is 23.5. The summed E-state index contributed by atoms with van der Waals surface area (Å²) in [6.07, 6.45) is 22.9. The molecular formula is C30H58O5. The number of carbonyl (C=O) groups excluding carboxylic acids is 2. The van der Waals surface area contributed by atoms with Crippen molar-refractivity contribution in [3.8, 4) is 0 Å². The first-order valence-corrected chi connectivity index (χ1v) is 15.0. The van der Waals surface area contributed by atoms with Crippen LogP contribution >= 0.6 is 0 Å².